The number of carbonyl (C=O) groups is 3. The van der Waals surface area contributed by atoms with Gasteiger partial charge in [0.25, 0.3) is 5.91 Å². The van der Waals surface area contributed by atoms with Crippen molar-refractivity contribution in [3.05, 3.63) is 23.9 Å². The number of fused-ring (bicyclic) bond motifs is 1. The molecule has 0 bridgehead atoms. The molecule has 0 atom stereocenters. The van der Waals surface area contributed by atoms with Gasteiger partial charge in [0.05, 0.1) is 17.3 Å². The van der Waals surface area contributed by atoms with Crippen LogP contribution >= 0.6 is 11.9 Å². The van der Waals surface area contributed by atoms with E-state index in [0.717, 1.165) is 56.1 Å². The third kappa shape index (κ3) is 7.27. The second-order valence-corrected chi connectivity index (χ2v) is 10.2. The lowest BCUT2D eigenvalue weighted by molar-refractivity contribution is -0.132. The second-order valence-electron chi connectivity index (χ2n) is 9.27. The predicted octanol–water partition coefficient (Wildman–Crippen LogP) is 0.966. The molecule has 3 amide bonds. The maximum Gasteiger partial charge on any atom is 0.317 e. The van der Waals surface area contributed by atoms with E-state index in [-0.39, 0.29) is 11.1 Å². The molecule has 36 heavy (non-hydrogen) atoms. The van der Waals surface area contributed by atoms with Crippen LogP contribution in [0.25, 0.3) is 5.52 Å². The second kappa shape index (κ2) is 11.8. The van der Waals surface area contributed by atoms with Gasteiger partial charge in [-0.25, -0.2) is 4.52 Å². The fourth-order valence-corrected chi connectivity index (χ4v) is 4.15. The fourth-order valence-electron chi connectivity index (χ4n) is 3.25. The van der Waals surface area contributed by atoms with Gasteiger partial charge < -0.3 is 14.7 Å². The van der Waals surface area contributed by atoms with Crippen LogP contribution in [0.3, 0.4) is 0 Å². The summed E-state index contributed by atoms with van der Waals surface area (Å²) < 4.78 is 29.9. The molecule has 1 aliphatic carbocycles. The van der Waals surface area contributed by atoms with Crippen molar-refractivity contribution in [2.75, 3.05) is 52.2 Å². The predicted molar refractivity (Wildman–Crippen MR) is 133 cm³/mol. The number of anilines is 1. The third-order valence-electron chi connectivity index (χ3n) is 5.77. The monoisotopic (exact) mass is 526 g/mol. The molecule has 4 rings (SSSR count). The number of likely N-dealkylation sites (N-methyl/N-ethyl adjacent to an activating group) is 1. The van der Waals surface area contributed by atoms with Crippen molar-refractivity contribution in [2.24, 2.45) is 0 Å². The van der Waals surface area contributed by atoms with E-state index in [2.05, 4.69) is 33.6 Å². The molecule has 14 heteroatoms. The van der Waals surface area contributed by atoms with Gasteiger partial charge in [0, 0.05) is 50.7 Å². The summed E-state index contributed by atoms with van der Waals surface area (Å²) in [6.07, 6.45) is 1.13. The molecule has 0 unspecified atom stereocenters. The molecule has 3 heterocycles. The molecule has 11 nitrogen and oxygen atoms in total. The van der Waals surface area contributed by atoms with Crippen molar-refractivity contribution in [2.45, 2.75) is 36.6 Å². The number of nitrogens with zero attached hydrogens (tertiary/aromatic N) is 5. The number of alkyl halides is 2. The van der Waals surface area contributed by atoms with Crippen molar-refractivity contribution in [1.29, 1.82) is 0 Å². The van der Waals surface area contributed by atoms with E-state index in [4.69, 9.17) is 0 Å². The van der Waals surface area contributed by atoms with Crippen LogP contribution in [0, 0.1) is 0 Å². The van der Waals surface area contributed by atoms with Gasteiger partial charge in [-0.15, -0.1) is 0 Å². The number of amides is 3. The van der Waals surface area contributed by atoms with Gasteiger partial charge in [-0.05, 0) is 50.9 Å². The maximum absolute atomic E-state index is 12.5. The zero-order valence-electron chi connectivity index (χ0n) is 20.8. The van der Waals surface area contributed by atoms with Gasteiger partial charge in [0.1, 0.15) is 5.82 Å². The molecule has 2 aliphatic rings. The van der Waals surface area contributed by atoms with Gasteiger partial charge in [-0.2, -0.15) is 13.9 Å². The number of hydrogen-bond donors (Lipinski definition) is 3. The van der Waals surface area contributed by atoms with E-state index < -0.39 is 18.2 Å². The highest BCUT2D eigenvalue weighted by Crippen LogP contribution is 2.38. The average Bonchev–Trinajstić information content (AvgIpc) is 3.44. The zero-order valence-corrected chi connectivity index (χ0v) is 21.6. The van der Waals surface area contributed by atoms with Crippen LogP contribution in [0.15, 0.2) is 23.2 Å². The topological polar surface area (TPSA) is 114 Å². The van der Waals surface area contributed by atoms with Crippen molar-refractivity contribution >= 4 is 41.5 Å². The number of piperazine rings is 1. The Morgan fingerprint density at radius 1 is 1.17 bits per heavy atom. The number of aromatic nitrogens is 2. The minimum absolute atomic E-state index is 0.116. The fraction of sp³-hybridized carbons (Fsp3) is 0.545. The highest BCUT2D eigenvalue weighted by atomic mass is 32.2. The summed E-state index contributed by atoms with van der Waals surface area (Å²) in [6.45, 7) is 5.60. The lowest BCUT2D eigenvalue weighted by Gasteiger charge is -2.34. The first kappa shape index (κ1) is 27.6. The van der Waals surface area contributed by atoms with E-state index in [0.29, 0.717) is 5.52 Å². The summed E-state index contributed by atoms with van der Waals surface area (Å²) in [6, 6.07) is 3.87. The summed E-state index contributed by atoms with van der Waals surface area (Å²) in [5, 5.41) is 4.37. The molecule has 2 fully saturated rings. The first-order valence-corrected chi connectivity index (χ1v) is 12.2. The molecule has 198 valence electrons. The van der Waals surface area contributed by atoms with Crippen molar-refractivity contribution in [1.82, 2.24) is 35.0 Å². The molecular weight excluding hydrogens is 494 g/mol. The molecule has 2 aromatic heterocycles. The van der Waals surface area contributed by atoms with E-state index in [1.807, 2.05) is 17.6 Å². The van der Waals surface area contributed by atoms with Gasteiger partial charge in [-0.1, -0.05) is 0 Å². The quantitative estimate of drug-likeness (QED) is 0.278. The number of carbonyl (C=O) groups excluding carboxylic acids is 3. The molecule has 0 radical (unpaired) electrons. The molecule has 3 N–H and O–H groups in total. The number of nitrogens with one attached hydrogen (secondary N) is 3. The van der Waals surface area contributed by atoms with Crippen molar-refractivity contribution in [3.63, 3.8) is 0 Å². The Hall–Kier alpha value is -2.97. The number of hydrazine groups is 1. The van der Waals surface area contributed by atoms with E-state index in [1.165, 1.54) is 23.0 Å². The van der Waals surface area contributed by atoms with Crippen LogP contribution in [0.4, 0.5) is 14.6 Å². The highest BCUT2D eigenvalue weighted by Gasteiger charge is 2.37. The maximum atomic E-state index is 12.5. The highest BCUT2D eigenvalue weighted by molar-refractivity contribution is 7.97. The molecule has 0 spiro atoms. The Balaban J connectivity index is 0.000000658. The normalized spacial score (nSPS) is 16.8. The van der Waals surface area contributed by atoms with Crippen molar-refractivity contribution < 1.29 is 23.2 Å². The summed E-state index contributed by atoms with van der Waals surface area (Å²) in [4.78, 5) is 39.9. The van der Waals surface area contributed by atoms with E-state index in [1.54, 1.807) is 24.0 Å². The van der Waals surface area contributed by atoms with Gasteiger partial charge >= 0.3 is 12.3 Å². The standard InChI is InChI=1S/C19H25F2N7O2S.C3H7NO/c1-19(3-4-19)25-31-12-9-14-13(17(29)23-24-18(30)16(20)21)11-22-28(14)15(10-12)27-7-5-26(2)6-8-27;1-4(2)3-5/h9-11,16,25H,3-8H2,1-2H3,(H,23,29)(H,24,30);3H,1-2H3. The lowest BCUT2D eigenvalue weighted by Crippen LogP contribution is -2.45. The molecule has 0 aromatic carbocycles. The Kier molecular flexibility index (Phi) is 9.08. The average molecular weight is 527 g/mol. The zero-order chi connectivity index (χ0) is 26.5. The Bertz CT molecular complexity index is 1080. The Morgan fingerprint density at radius 3 is 2.36 bits per heavy atom. The lowest BCUT2D eigenvalue weighted by atomic mass is 10.2. The number of halogens is 2. The van der Waals surface area contributed by atoms with E-state index >= 15 is 0 Å². The third-order valence-corrected chi connectivity index (χ3v) is 6.84. The minimum atomic E-state index is -3.22. The van der Waals surface area contributed by atoms with Crippen LogP contribution in [-0.2, 0) is 9.59 Å². The summed E-state index contributed by atoms with van der Waals surface area (Å²) >= 11 is 1.50. The number of hydrogen-bond acceptors (Lipinski definition) is 8. The molecular formula is C22H32F2N8O3S. The summed E-state index contributed by atoms with van der Waals surface area (Å²) in [5.41, 5.74) is 4.59. The van der Waals surface area contributed by atoms with Crippen LogP contribution in [0.1, 0.15) is 30.1 Å². The van der Waals surface area contributed by atoms with Crippen LogP contribution < -0.4 is 20.5 Å². The van der Waals surface area contributed by atoms with E-state index in [9.17, 15) is 23.2 Å². The first-order chi connectivity index (χ1) is 17.0. The molecule has 1 saturated heterocycles. The smallest absolute Gasteiger partial charge is 0.317 e. The SMILES string of the molecule is CN(C)C=O.CN1CCN(c2cc(SNC3(C)CC3)cc3c(C(=O)NNC(=O)C(F)F)cnn23)CC1. The molecule has 1 saturated carbocycles. The van der Waals surface area contributed by atoms with Gasteiger partial charge in [0.2, 0.25) is 6.41 Å². The number of pyridine rings is 1. The largest absolute Gasteiger partial charge is 0.354 e. The Morgan fingerprint density at radius 2 is 1.81 bits per heavy atom. The summed E-state index contributed by atoms with van der Waals surface area (Å²) in [5.74, 6) is -1.43. The molecule has 1 aliphatic heterocycles. The van der Waals surface area contributed by atoms with Gasteiger partial charge in [-0.3, -0.25) is 30.0 Å². The van der Waals surface area contributed by atoms with Crippen LogP contribution in [0.5, 0.6) is 0 Å². The number of rotatable bonds is 7. The van der Waals surface area contributed by atoms with Gasteiger partial charge in [0.15, 0.2) is 0 Å². The van der Waals surface area contributed by atoms with Crippen LogP contribution in [0.2, 0.25) is 0 Å². The first-order valence-electron chi connectivity index (χ1n) is 11.4. The van der Waals surface area contributed by atoms with Crippen LogP contribution in [-0.4, -0.2) is 96.9 Å². The Labute approximate surface area is 212 Å². The summed E-state index contributed by atoms with van der Waals surface area (Å²) in [7, 11) is 5.45. The van der Waals surface area contributed by atoms with Crippen molar-refractivity contribution in [3.8, 4) is 0 Å². The molecule has 2 aromatic rings. The minimum Gasteiger partial charge on any atom is -0.354 e.